The highest BCUT2D eigenvalue weighted by Crippen LogP contribution is 2.48. The summed E-state index contributed by atoms with van der Waals surface area (Å²) in [6.45, 7) is 0.823. The first kappa shape index (κ1) is 15.2. The molecule has 1 N–H and O–H groups in total. The van der Waals surface area contributed by atoms with Crippen molar-refractivity contribution in [2.45, 2.75) is 25.0 Å². The highest BCUT2D eigenvalue weighted by Gasteiger charge is 2.39. The fourth-order valence-corrected chi connectivity index (χ4v) is 3.89. The Labute approximate surface area is 141 Å². The van der Waals surface area contributed by atoms with Gasteiger partial charge < -0.3 is 14.8 Å². The van der Waals surface area contributed by atoms with Gasteiger partial charge in [0, 0.05) is 23.8 Å². The second-order valence-corrected chi connectivity index (χ2v) is 6.42. The molecule has 3 atom stereocenters. The highest BCUT2D eigenvalue weighted by molar-refractivity contribution is 5.89. The van der Waals surface area contributed by atoms with E-state index in [2.05, 4.69) is 23.5 Å². The van der Waals surface area contributed by atoms with Crippen LogP contribution in [-0.2, 0) is 9.47 Å². The molecule has 0 aliphatic carbocycles. The summed E-state index contributed by atoms with van der Waals surface area (Å²) in [4.78, 5) is 11.6. The molecule has 2 aliphatic rings. The van der Waals surface area contributed by atoms with E-state index in [1.807, 2.05) is 30.3 Å². The summed E-state index contributed by atoms with van der Waals surface area (Å²) in [5, 5.41) is 3.68. The lowest BCUT2D eigenvalue weighted by Gasteiger charge is -2.43. The molecule has 2 aromatic rings. The van der Waals surface area contributed by atoms with Crippen molar-refractivity contribution in [2.75, 3.05) is 19.0 Å². The minimum atomic E-state index is -0.303. The average Bonchev–Trinajstić information content (AvgIpc) is 2.67. The van der Waals surface area contributed by atoms with Gasteiger partial charge in [-0.2, -0.15) is 0 Å². The Morgan fingerprint density at radius 3 is 2.75 bits per heavy atom. The molecule has 2 unspecified atom stereocenters. The van der Waals surface area contributed by atoms with Crippen molar-refractivity contribution in [3.05, 3.63) is 65.2 Å². The first-order chi connectivity index (χ1) is 11.8. The van der Waals surface area contributed by atoms with Crippen LogP contribution < -0.4 is 5.32 Å². The maximum atomic E-state index is 11.6. The number of hydrogen-bond donors (Lipinski definition) is 1. The summed E-state index contributed by atoms with van der Waals surface area (Å²) < 4.78 is 10.9. The number of rotatable bonds is 2. The molecular formula is C20H21NO3. The first-order valence-corrected chi connectivity index (χ1v) is 8.43. The number of ether oxygens (including phenoxy) is 2. The molecule has 4 heteroatoms. The molecule has 1 fully saturated rings. The molecule has 0 amide bonds. The van der Waals surface area contributed by atoms with E-state index < -0.39 is 0 Å². The van der Waals surface area contributed by atoms with Crippen LogP contribution in [0, 0.1) is 5.92 Å². The lowest BCUT2D eigenvalue weighted by Crippen LogP contribution is -2.35. The van der Waals surface area contributed by atoms with Gasteiger partial charge in [0.15, 0.2) is 0 Å². The molecule has 24 heavy (non-hydrogen) atoms. The Morgan fingerprint density at radius 1 is 1.17 bits per heavy atom. The van der Waals surface area contributed by atoms with E-state index in [0.717, 1.165) is 25.1 Å². The fourth-order valence-electron chi connectivity index (χ4n) is 3.89. The molecule has 4 rings (SSSR count). The van der Waals surface area contributed by atoms with Gasteiger partial charge in [0.2, 0.25) is 0 Å². The number of methoxy groups -OCH3 is 1. The van der Waals surface area contributed by atoms with Gasteiger partial charge in [-0.15, -0.1) is 0 Å². The van der Waals surface area contributed by atoms with Crippen molar-refractivity contribution in [3.8, 4) is 0 Å². The lowest BCUT2D eigenvalue weighted by molar-refractivity contribution is -0.0381. The third kappa shape index (κ3) is 2.57. The van der Waals surface area contributed by atoms with Crippen molar-refractivity contribution in [1.29, 1.82) is 0 Å². The van der Waals surface area contributed by atoms with Crippen LogP contribution in [0.15, 0.2) is 48.5 Å². The van der Waals surface area contributed by atoms with Crippen molar-refractivity contribution in [1.82, 2.24) is 0 Å². The SMILES string of the molecule is COC(=O)c1ccc([C@@H]2Nc3ccccc3C3OCCCC32)cc1. The van der Waals surface area contributed by atoms with Gasteiger partial charge >= 0.3 is 5.97 Å². The van der Waals surface area contributed by atoms with Gasteiger partial charge in [0.1, 0.15) is 0 Å². The second-order valence-electron chi connectivity index (χ2n) is 6.42. The van der Waals surface area contributed by atoms with Crippen LogP contribution in [0.2, 0.25) is 0 Å². The van der Waals surface area contributed by atoms with E-state index >= 15 is 0 Å². The molecule has 0 saturated carbocycles. The van der Waals surface area contributed by atoms with Crippen molar-refractivity contribution < 1.29 is 14.3 Å². The smallest absolute Gasteiger partial charge is 0.337 e. The summed E-state index contributed by atoms with van der Waals surface area (Å²) in [6.07, 6.45) is 2.36. The zero-order chi connectivity index (χ0) is 16.5. The Balaban J connectivity index is 1.68. The number of fused-ring (bicyclic) bond motifs is 3. The van der Waals surface area contributed by atoms with E-state index in [1.54, 1.807) is 0 Å². The van der Waals surface area contributed by atoms with E-state index in [9.17, 15) is 4.79 Å². The maximum Gasteiger partial charge on any atom is 0.337 e. The molecular weight excluding hydrogens is 302 g/mol. The molecule has 2 heterocycles. The molecule has 0 bridgehead atoms. The van der Waals surface area contributed by atoms with Gasteiger partial charge in [-0.3, -0.25) is 0 Å². The van der Waals surface area contributed by atoms with E-state index in [-0.39, 0.29) is 18.1 Å². The zero-order valence-electron chi connectivity index (χ0n) is 13.7. The topological polar surface area (TPSA) is 47.6 Å². The van der Waals surface area contributed by atoms with Gasteiger partial charge in [0.25, 0.3) is 0 Å². The maximum absolute atomic E-state index is 11.6. The molecule has 0 radical (unpaired) electrons. The third-order valence-corrected chi connectivity index (χ3v) is 5.07. The van der Waals surface area contributed by atoms with E-state index in [0.29, 0.717) is 11.5 Å². The fraction of sp³-hybridized carbons (Fsp3) is 0.350. The molecule has 124 valence electrons. The van der Waals surface area contributed by atoms with E-state index in [1.165, 1.54) is 18.2 Å². The van der Waals surface area contributed by atoms with Gasteiger partial charge in [-0.05, 0) is 36.6 Å². The summed E-state index contributed by atoms with van der Waals surface area (Å²) in [5.74, 6) is 0.0972. The predicted molar refractivity (Wildman–Crippen MR) is 92.0 cm³/mol. The van der Waals surface area contributed by atoms with Crippen LogP contribution in [0.25, 0.3) is 0 Å². The normalized spacial score (nSPS) is 25.1. The molecule has 0 spiro atoms. The number of benzene rings is 2. The minimum Gasteiger partial charge on any atom is -0.465 e. The van der Waals surface area contributed by atoms with Crippen LogP contribution in [0.5, 0.6) is 0 Å². The van der Waals surface area contributed by atoms with Crippen LogP contribution >= 0.6 is 0 Å². The van der Waals surface area contributed by atoms with Crippen molar-refractivity contribution in [2.24, 2.45) is 5.92 Å². The molecule has 2 aromatic carbocycles. The Morgan fingerprint density at radius 2 is 1.96 bits per heavy atom. The third-order valence-electron chi connectivity index (χ3n) is 5.07. The zero-order valence-corrected chi connectivity index (χ0v) is 13.7. The summed E-state index contributed by atoms with van der Waals surface area (Å²) in [6, 6.07) is 16.3. The Hall–Kier alpha value is -2.33. The van der Waals surface area contributed by atoms with Gasteiger partial charge in [-0.1, -0.05) is 30.3 Å². The van der Waals surface area contributed by atoms with Crippen LogP contribution in [0.4, 0.5) is 5.69 Å². The predicted octanol–water partition coefficient (Wildman–Crippen LogP) is 4.11. The molecule has 4 nitrogen and oxygen atoms in total. The lowest BCUT2D eigenvalue weighted by atomic mass is 9.77. The van der Waals surface area contributed by atoms with E-state index in [4.69, 9.17) is 9.47 Å². The van der Waals surface area contributed by atoms with Crippen LogP contribution in [0.1, 0.15) is 46.5 Å². The van der Waals surface area contributed by atoms with Crippen molar-refractivity contribution in [3.63, 3.8) is 0 Å². The number of carbonyl (C=O) groups is 1. The molecule has 1 saturated heterocycles. The summed E-state index contributed by atoms with van der Waals surface area (Å²) >= 11 is 0. The average molecular weight is 323 g/mol. The van der Waals surface area contributed by atoms with Crippen molar-refractivity contribution >= 4 is 11.7 Å². The minimum absolute atomic E-state index is 0.140. The number of esters is 1. The Kier molecular flexibility index (Phi) is 3.98. The van der Waals surface area contributed by atoms with Crippen LogP contribution in [0.3, 0.4) is 0 Å². The number of nitrogens with one attached hydrogen (secondary N) is 1. The second kappa shape index (κ2) is 6.29. The number of hydrogen-bond acceptors (Lipinski definition) is 4. The van der Waals surface area contributed by atoms with Gasteiger partial charge in [0.05, 0.1) is 24.8 Å². The Bertz CT molecular complexity index is 741. The number of anilines is 1. The first-order valence-electron chi connectivity index (χ1n) is 8.43. The monoisotopic (exact) mass is 323 g/mol. The number of carbonyl (C=O) groups excluding carboxylic acids is 1. The largest absolute Gasteiger partial charge is 0.465 e. The number of para-hydroxylation sites is 1. The molecule has 0 aromatic heterocycles. The highest BCUT2D eigenvalue weighted by atomic mass is 16.5. The van der Waals surface area contributed by atoms with Gasteiger partial charge in [-0.25, -0.2) is 4.79 Å². The standard InChI is InChI=1S/C20H21NO3/c1-23-20(22)14-10-8-13(9-11-14)18-16-6-4-12-24-19(16)15-5-2-3-7-17(15)21-18/h2-3,5,7-11,16,18-19,21H,4,6,12H2,1H3/t16?,18-,19?/m0/s1. The molecule has 2 aliphatic heterocycles. The quantitative estimate of drug-likeness (QED) is 0.845. The summed E-state index contributed by atoms with van der Waals surface area (Å²) in [7, 11) is 1.40. The van der Waals surface area contributed by atoms with Crippen LogP contribution in [-0.4, -0.2) is 19.7 Å². The summed E-state index contributed by atoms with van der Waals surface area (Å²) in [5.41, 5.74) is 4.15.